The van der Waals surface area contributed by atoms with Crippen LogP contribution >= 0.6 is 0 Å². The van der Waals surface area contributed by atoms with Crippen LogP contribution in [0.5, 0.6) is 0 Å². The van der Waals surface area contributed by atoms with E-state index in [9.17, 15) is 9.18 Å². The van der Waals surface area contributed by atoms with Gasteiger partial charge in [0.25, 0.3) is 0 Å². The topological polar surface area (TPSA) is 53.6 Å². The van der Waals surface area contributed by atoms with Crippen LogP contribution < -0.4 is 10.6 Å². The Morgan fingerprint density at radius 1 is 0.963 bits per heavy atom. The summed E-state index contributed by atoms with van der Waals surface area (Å²) in [6, 6.07) is 14.5. The smallest absolute Gasteiger partial charge is 0.315 e. The standard InChI is InChI=1S/C21H26FN3O2/c22-20-8-4-3-5-17(20)9-10-23-21(26)24-15-18-6-1-2-7-19(18)16-25-11-13-27-14-12-25/h1-8H,9-16H2,(H2,23,24,26). The molecule has 27 heavy (non-hydrogen) atoms. The second-order valence-corrected chi connectivity index (χ2v) is 6.61. The molecule has 0 saturated carbocycles. The predicted octanol–water partition coefficient (Wildman–Crippen LogP) is 2.70. The fraction of sp³-hybridized carbons (Fsp3) is 0.381. The lowest BCUT2D eigenvalue weighted by atomic mass is 10.1. The number of urea groups is 1. The lowest BCUT2D eigenvalue weighted by molar-refractivity contribution is 0.0341. The third-order valence-electron chi connectivity index (χ3n) is 4.69. The van der Waals surface area contributed by atoms with Crippen molar-refractivity contribution in [2.24, 2.45) is 0 Å². The summed E-state index contributed by atoms with van der Waals surface area (Å²) in [5.41, 5.74) is 2.92. The normalized spacial score (nSPS) is 14.7. The van der Waals surface area contributed by atoms with Crippen LogP contribution in [-0.2, 0) is 24.2 Å². The minimum absolute atomic E-state index is 0.239. The molecule has 2 aromatic carbocycles. The van der Waals surface area contributed by atoms with Crippen molar-refractivity contribution in [3.8, 4) is 0 Å². The predicted molar refractivity (Wildman–Crippen MR) is 103 cm³/mol. The number of benzene rings is 2. The first-order valence-corrected chi connectivity index (χ1v) is 9.34. The molecule has 0 aromatic heterocycles. The average Bonchev–Trinajstić information content (AvgIpc) is 2.70. The van der Waals surface area contributed by atoms with Gasteiger partial charge in [-0.15, -0.1) is 0 Å². The van der Waals surface area contributed by atoms with Gasteiger partial charge >= 0.3 is 6.03 Å². The molecular formula is C21H26FN3O2. The zero-order chi connectivity index (χ0) is 18.9. The Kier molecular flexibility index (Phi) is 7.19. The lowest BCUT2D eigenvalue weighted by Gasteiger charge is -2.27. The molecule has 0 atom stereocenters. The number of ether oxygens (including phenoxy) is 1. The fourth-order valence-electron chi connectivity index (χ4n) is 3.13. The number of rotatable bonds is 7. The van der Waals surface area contributed by atoms with E-state index in [1.54, 1.807) is 18.2 Å². The van der Waals surface area contributed by atoms with E-state index in [1.807, 2.05) is 18.2 Å². The second-order valence-electron chi connectivity index (χ2n) is 6.61. The van der Waals surface area contributed by atoms with E-state index in [-0.39, 0.29) is 11.8 Å². The third-order valence-corrected chi connectivity index (χ3v) is 4.69. The number of hydrogen-bond donors (Lipinski definition) is 2. The summed E-state index contributed by atoms with van der Waals surface area (Å²) in [5.74, 6) is -0.239. The molecule has 2 aromatic rings. The van der Waals surface area contributed by atoms with Crippen molar-refractivity contribution in [3.63, 3.8) is 0 Å². The monoisotopic (exact) mass is 371 g/mol. The summed E-state index contributed by atoms with van der Waals surface area (Å²) in [7, 11) is 0. The van der Waals surface area contributed by atoms with Crippen LogP contribution in [-0.4, -0.2) is 43.8 Å². The van der Waals surface area contributed by atoms with Gasteiger partial charge in [0.15, 0.2) is 0 Å². The van der Waals surface area contributed by atoms with E-state index in [0.29, 0.717) is 25.1 Å². The molecule has 0 aliphatic carbocycles. The van der Waals surface area contributed by atoms with Gasteiger partial charge in [-0.2, -0.15) is 0 Å². The molecular weight excluding hydrogens is 345 g/mol. The molecule has 0 unspecified atom stereocenters. The van der Waals surface area contributed by atoms with Crippen LogP contribution in [0.1, 0.15) is 16.7 Å². The van der Waals surface area contributed by atoms with Crippen LogP contribution in [0.15, 0.2) is 48.5 Å². The summed E-state index contributed by atoms with van der Waals surface area (Å²) in [6.07, 6.45) is 0.466. The van der Waals surface area contributed by atoms with Crippen molar-refractivity contribution >= 4 is 6.03 Å². The van der Waals surface area contributed by atoms with Crippen molar-refractivity contribution in [2.45, 2.75) is 19.5 Å². The first-order valence-electron chi connectivity index (χ1n) is 9.34. The van der Waals surface area contributed by atoms with Crippen molar-refractivity contribution in [2.75, 3.05) is 32.8 Å². The SMILES string of the molecule is O=C(NCCc1ccccc1F)NCc1ccccc1CN1CCOCC1. The number of nitrogens with one attached hydrogen (secondary N) is 2. The molecule has 3 rings (SSSR count). The average molecular weight is 371 g/mol. The van der Waals surface area contributed by atoms with E-state index < -0.39 is 0 Å². The third kappa shape index (κ3) is 6.05. The molecule has 6 heteroatoms. The van der Waals surface area contributed by atoms with E-state index in [0.717, 1.165) is 38.4 Å². The zero-order valence-corrected chi connectivity index (χ0v) is 15.4. The molecule has 5 nitrogen and oxygen atoms in total. The van der Waals surface area contributed by atoms with E-state index in [1.165, 1.54) is 11.6 Å². The van der Waals surface area contributed by atoms with Gasteiger partial charge < -0.3 is 15.4 Å². The molecule has 0 bridgehead atoms. The summed E-state index contributed by atoms with van der Waals surface area (Å²) in [4.78, 5) is 14.4. The van der Waals surface area contributed by atoms with Crippen molar-refractivity contribution in [1.82, 2.24) is 15.5 Å². The Morgan fingerprint density at radius 2 is 1.63 bits per heavy atom. The van der Waals surface area contributed by atoms with Gasteiger partial charge in [0.2, 0.25) is 0 Å². The van der Waals surface area contributed by atoms with E-state index in [2.05, 4.69) is 21.6 Å². The minimum atomic E-state index is -0.243. The summed E-state index contributed by atoms with van der Waals surface area (Å²) in [5, 5.41) is 5.68. The van der Waals surface area contributed by atoms with E-state index >= 15 is 0 Å². The van der Waals surface area contributed by atoms with Crippen molar-refractivity contribution in [3.05, 3.63) is 71.0 Å². The first-order chi connectivity index (χ1) is 13.2. The highest BCUT2D eigenvalue weighted by Gasteiger charge is 2.13. The van der Waals surface area contributed by atoms with Gasteiger partial charge in [0, 0.05) is 32.7 Å². The molecule has 1 saturated heterocycles. The minimum Gasteiger partial charge on any atom is -0.379 e. The van der Waals surface area contributed by atoms with Crippen molar-refractivity contribution < 1.29 is 13.9 Å². The highest BCUT2D eigenvalue weighted by Crippen LogP contribution is 2.13. The molecule has 1 aliphatic heterocycles. The Bertz CT molecular complexity index is 748. The summed E-state index contributed by atoms with van der Waals surface area (Å²) >= 11 is 0. The van der Waals surface area contributed by atoms with Crippen LogP contribution in [0, 0.1) is 5.82 Å². The maximum absolute atomic E-state index is 13.6. The Balaban J connectivity index is 1.45. The number of carbonyl (C=O) groups excluding carboxylic acids is 1. The van der Waals surface area contributed by atoms with E-state index in [4.69, 9.17) is 4.74 Å². The van der Waals surface area contributed by atoms with Crippen LogP contribution in [0.25, 0.3) is 0 Å². The molecule has 1 aliphatic rings. The molecule has 0 spiro atoms. The van der Waals surface area contributed by atoms with Crippen LogP contribution in [0.3, 0.4) is 0 Å². The largest absolute Gasteiger partial charge is 0.379 e. The number of morpholine rings is 1. The van der Waals surface area contributed by atoms with Gasteiger partial charge in [-0.3, -0.25) is 4.90 Å². The van der Waals surface area contributed by atoms with Gasteiger partial charge in [-0.1, -0.05) is 42.5 Å². The van der Waals surface area contributed by atoms with Gasteiger partial charge in [0.05, 0.1) is 13.2 Å². The maximum atomic E-state index is 13.6. The first kappa shape index (κ1) is 19.3. The number of carbonyl (C=O) groups is 1. The second kappa shape index (κ2) is 10.0. The highest BCUT2D eigenvalue weighted by atomic mass is 19.1. The molecule has 2 amide bonds. The molecule has 1 heterocycles. The number of amides is 2. The molecule has 144 valence electrons. The molecule has 2 N–H and O–H groups in total. The quantitative estimate of drug-likeness (QED) is 0.787. The molecule has 1 fully saturated rings. The van der Waals surface area contributed by atoms with Gasteiger partial charge in [0.1, 0.15) is 5.82 Å². The maximum Gasteiger partial charge on any atom is 0.315 e. The zero-order valence-electron chi connectivity index (χ0n) is 15.4. The summed E-state index contributed by atoms with van der Waals surface area (Å²) < 4.78 is 19.0. The van der Waals surface area contributed by atoms with Gasteiger partial charge in [-0.25, -0.2) is 9.18 Å². The Morgan fingerprint density at radius 3 is 2.37 bits per heavy atom. The van der Waals surface area contributed by atoms with Gasteiger partial charge in [-0.05, 0) is 29.2 Å². The highest BCUT2D eigenvalue weighted by molar-refractivity contribution is 5.73. The summed E-state index contributed by atoms with van der Waals surface area (Å²) in [6.45, 7) is 5.11. The number of hydrogen-bond acceptors (Lipinski definition) is 3. The fourth-order valence-corrected chi connectivity index (χ4v) is 3.13. The Labute approximate surface area is 159 Å². The lowest BCUT2D eigenvalue weighted by Crippen LogP contribution is -2.37. The molecule has 0 radical (unpaired) electrons. The van der Waals surface area contributed by atoms with Crippen LogP contribution in [0.2, 0.25) is 0 Å². The Hall–Kier alpha value is -2.44. The van der Waals surface area contributed by atoms with Crippen molar-refractivity contribution in [1.29, 1.82) is 0 Å². The van der Waals surface area contributed by atoms with Crippen LogP contribution in [0.4, 0.5) is 9.18 Å². The number of nitrogens with zero attached hydrogens (tertiary/aromatic N) is 1. The number of halogens is 1.